The summed E-state index contributed by atoms with van der Waals surface area (Å²) in [7, 11) is 3.24. The van der Waals surface area contributed by atoms with Gasteiger partial charge in [-0.15, -0.1) is 0 Å². The summed E-state index contributed by atoms with van der Waals surface area (Å²) >= 11 is 0. The van der Waals surface area contributed by atoms with E-state index >= 15 is 0 Å². The van der Waals surface area contributed by atoms with Crippen molar-refractivity contribution in [2.75, 3.05) is 19.4 Å². The van der Waals surface area contributed by atoms with Crippen molar-refractivity contribution in [3.8, 4) is 0 Å². The average Bonchev–Trinajstić information content (AvgIpc) is 2.19. The molecule has 92 valence electrons. The van der Waals surface area contributed by atoms with Gasteiger partial charge in [-0.1, -0.05) is 0 Å². The number of nitrogens with one attached hydrogen (secondary N) is 2. The van der Waals surface area contributed by atoms with Gasteiger partial charge in [0, 0.05) is 19.8 Å². The normalized spacial score (nSPS) is 10.1. The third kappa shape index (κ3) is 3.72. The summed E-state index contributed by atoms with van der Waals surface area (Å²) in [6.07, 6.45) is 0. The largest absolute Gasteiger partial charge is 0.478 e. The molecule has 2 amide bonds. The van der Waals surface area contributed by atoms with Crippen molar-refractivity contribution in [3.63, 3.8) is 0 Å². The fraction of sp³-hybridized carbons (Fsp3) is 0.200. The molecule has 0 saturated heterocycles. The molecule has 0 saturated carbocycles. The number of anilines is 1. The minimum absolute atomic E-state index is 0.197. The van der Waals surface area contributed by atoms with Crippen LogP contribution >= 0.6 is 0 Å². The zero-order valence-corrected chi connectivity index (χ0v) is 9.32. The summed E-state index contributed by atoms with van der Waals surface area (Å²) < 4.78 is 13.1. The first kappa shape index (κ1) is 12.9. The van der Waals surface area contributed by atoms with E-state index in [1.165, 1.54) is 11.1 Å². The van der Waals surface area contributed by atoms with Gasteiger partial charge in [0.25, 0.3) is 0 Å². The number of carboxylic acids is 1. The maximum atomic E-state index is 13.1. The zero-order chi connectivity index (χ0) is 13.0. The Morgan fingerprint density at radius 2 is 2.00 bits per heavy atom. The smallest absolute Gasteiger partial charge is 0.338 e. The molecule has 0 aromatic heterocycles. The molecule has 17 heavy (non-hydrogen) atoms. The second kappa shape index (κ2) is 5.26. The predicted molar refractivity (Wildman–Crippen MR) is 59.2 cm³/mol. The van der Waals surface area contributed by atoms with Crippen molar-refractivity contribution >= 4 is 17.7 Å². The van der Waals surface area contributed by atoms with Gasteiger partial charge in [0.2, 0.25) is 0 Å². The Hall–Kier alpha value is -2.15. The number of hydrogen-bond donors (Lipinski definition) is 3. The van der Waals surface area contributed by atoms with Crippen LogP contribution in [0.5, 0.6) is 0 Å². The third-order valence-corrected chi connectivity index (χ3v) is 1.78. The van der Waals surface area contributed by atoms with Crippen molar-refractivity contribution in [2.24, 2.45) is 0 Å². The minimum Gasteiger partial charge on any atom is -0.478 e. The lowest BCUT2D eigenvalue weighted by atomic mass is 10.2. The van der Waals surface area contributed by atoms with E-state index in [1.807, 2.05) is 0 Å². The Bertz CT molecular complexity index is 448. The highest BCUT2D eigenvalue weighted by Gasteiger charge is 2.11. The highest BCUT2D eigenvalue weighted by atomic mass is 19.1. The van der Waals surface area contributed by atoms with Crippen LogP contribution in [-0.2, 0) is 0 Å². The number of nitrogens with zero attached hydrogens (tertiary/aromatic N) is 1. The molecule has 0 heterocycles. The molecule has 1 rings (SSSR count). The number of urea groups is 1. The standard InChI is InChI=1S/C10H12FN3O3/c1-14(2)13-10(17)12-6-3-4-8(11)7(5-6)9(15)16/h3-5H,1-2H3,(H,15,16)(H2,12,13,17). The van der Waals surface area contributed by atoms with Crippen LogP contribution < -0.4 is 10.7 Å². The Morgan fingerprint density at radius 3 is 2.53 bits per heavy atom. The second-order valence-corrected chi connectivity index (χ2v) is 3.46. The quantitative estimate of drug-likeness (QED) is 0.693. The molecule has 0 unspecified atom stereocenters. The number of aromatic carboxylic acids is 1. The van der Waals surface area contributed by atoms with E-state index < -0.39 is 23.4 Å². The van der Waals surface area contributed by atoms with Crippen LogP contribution in [0, 0.1) is 5.82 Å². The molecular formula is C10H12FN3O3. The van der Waals surface area contributed by atoms with Gasteiger partial charge in [-0.3, -0.25) is 5.43 Å². The first-order valence-electron chi connectivity index (χ1n) is 4.68. The van der Waals surface area contributed by atoms with Crippen molar-refractivity contribution in [3.05, 3.63) is 29.6 Å². The van der Waals surface area contributed by atoms with Gasteiger partial charge in [-0.2, -0.15) is 0 Å². The Labute approximate surface area is 97.0 Å². The second-order valence-electron chi connectivity index (χ2n) is 3.46. The molecule has 1 aromatic carbocycles. The lowest BCUT2D eigenvalue weighted by Gasteiger charge is -2.13. The SMILES string of the molecule is CN(C)NC(=O)Nc1ccc(F)c(C(=O)O)c1. The first-order valence-corrected chi connectivity index (χ1v) is 4.68. The Kier molecular flexibility index (Phi) is 4.00. The van der Waals surface area contributed by atoms with E-state index in [0.717, 1.165) is 12.1 Å². The number of hydrazine groups is 1. The Morgan fingerprint density at radius 1 is 1.35 bits per heavy atom. The van der Waals surface area contributed by atoms with Crippen LogP contribution in [0.4, 0.5) is 14.9 Å². The number of carboxylic acid groups (broad SMARTS) is 1. The number of amides is 2. The predicted octanol–water partition coefficient (Wildman–Crippen LogP) is 1.12. The molecule has 0 aliphatic heterocycles. The molecule has 7 heteroatoms. The first-order chi connectivity index (χ1) is 7.90. The number of hydrogen-bond acceptors (Lipinski definition) is 3. The third-order valence-electron chi connectivity index (χ3n) is 1.78. The lowest BCUT2D eigenvalue weighted by Crippen LogP contribution is -2.39. The molecule has 0 fully saturated rings. The summed E-state index contributed by atoms with van der Waals surface area (Å²) in [6.45, 7) is 0. The van der Waals surface area contributed by atoms with Gasteiger partial charge in [0.1, 0.15) is 5.82 Å². The topological polar surface area (TPSA) is 81.7 Å². The van der Waals surface area contributed by atoms with E-state index in [1.54, 1.807) is 14.1 Å². The van der Waals surface area contributed by atoms with Crippen molar-refractivity contribution in [2.45, 2.75) is 0 Å². The van der Waals surface area contributed by atoms with E-state index in [4.69, 9.17) is 5.11 Å². The van der Waals surface area contributed by atoms with Crippen LogP contribution in [0.3, 0.4) is 0 Å². The fourth-order valence-electron chi connectivity index (χ4n) is 1.13. The van der Waals surface area contributed by atoms with E-state index in [-0.39, 0.29) is 5.69 Å². The van der Waals surface area contributed by atoms with Gasteiger partial charge in [0.05, 0.1) is 5.56 Å². The average molecular weight is 241 g/mol. The van der Waals surface area contributed by atoms with Gasteiger partial charge < -0.3 is 10.4 Å². The molecule has 3 N–H and O–H groups in total. The summed E-state index contributed by atoms with van der Waals surface area (Å²) in [5.41, 5.74) is 2.10. The van der Waals surface area contributed by atoms with Crippen molar-refractivity contribution in [1.29, 1.82) is 0 Å². The highest BCUT2D eigenvalue weighted by molar-refractivity contribution is 5.93. The van der Waals surface area contributed by atoms with Crippen LogP contribution in [0.1, 0.15) is 10.4 Å². The molecule has 0 radical (unpaired) electrons. The monoisotopic (exact) mass is 241 g/mol. The number of benzene rings is 1. The fourth-order valence-corrected chi connectivity index (χ4v) is 1.13. The number of carbonyl (C=O) groups excluding carboxylic acids is 1. The zero-order valence-electron chi connectivity index (χ0n) is 9.32. The number of rotatable bonds is 3. The molecule has 0 spiro atoms. The Balaban J connectivity index is 2.82. The summed E-state index contributed by atoms with van der Waals surface area (Å²) in [4.78, 5) is 21.9. The van der Waals surface area contributed by atoms with Gasteiger partial charge in [-0.25, -0.2) is 19.0 Å². The summed E-state index contributed by atoms with van der Waals surface area (Å²) in [5.74, 6) is -2.24. The molecule has 0 bridgehead atoms. The van der Waals surface area contributed by atoms with Crippen LogP contribution in [0.15, 0.2) is 18.2 Å². The molecule has 1 aromatic rings. The molecular weight excluding hydrogens is 229 g/mol. The van der Waals surface area contributed by atoms with Crippen molar-refractivity contribution < 1.29 is 19.1 Å². The van der Waals surface area contributed by atoms with E-state index in [0.29, 0.717) is 0 Å². The van der Waals surface area contributed by atoms with Gasteiger partial charge >= 0.3 is 12.0 Å². The molecule has 0 aliphatic rings. The van der Waals surface area contributed by atoms with Crippen LogP contribution in [0.2, 0.25) is 0 Å². The van der Waals surface area contributed by atoms with Gasteiger partial charge in [-0.05, 0) is 18.2 Å². The number of halogens is 1. The van der Waals surface area contributed by atoms with Crippen LogP contribution in [-0.4, -0.2) is 36.2 Å². The van der Waals surface area contributed by atoms with Crippen molar-refractivity contribution in [1.82, 2.24) is 10.4 Å². The maximum absolute atomic E-state index is 13.1. The molecule has 0 aliphatic carbocycles. The van der Waals surface area contributed by atoms with Crippen LogP contribution in [0.25, 0.3) is 0 Å². The number of carbonyl (C=O) groups is 2. The molecule has 6 nitrogen and oxygen atoms in total. The van der Waals surface area contributed by atoms with E-state index in [2.05, 4.69) is 10.7 Å². The lowest BCUT2D eigenvalue weighted by molar-refractivity contribution is 0.0692. The van der Waals surface area contributed by atoms with E-state index in [9.17, 15) is 14.0 Å². The summed E-state index contributed by atoms with van der Waals surface area (Å²) in [5, 5.41) is 12.5. The molecule has 0 atom stereocenters. The summed E-state index contributed by atoms with van der Waals surface area (Å²) in [6, 6.07) is 2.76. The highest BCUT2D eigenvalue weighted by Crippen LogP contribution is 2.14. The maximum Gasteiger partial charge on any atom is 0.338 e. The van der Waals surface area contributed by atoms with Gasteiger partial charge in [0.15, 0.2) is 0 Å². The minimum atomic E-state index is -1.39.